The van der Waals surface area contributed by atoms with E-state index in [2.05, 4.69) is 109 Å². The molecule has 2 aromatic heterocycles. The molecular weight excluding hydrogens is 396 g/mol. The highest BCUT2D eigenvalue weighted by Gasteiger charge is 2.45. The molecule has 0 spiro atoms. The van der Waals surface area contributed by atoms with Crippen LogP contribution in [0.3, 0.4) is 0 Å². The van der Waals surface area contributed by atoms with Crippen molar-refractivity contribution >= 4 is 25.6 Å². The number of benzene rings is 2. The Kier molecular flexibility index (Phi) is 5.54. The molecule has 0 aliphatic heterocycles. The normalized spacial score (nSPS) is 12.0. The van der Waals surface area contributed by atoms with Gasteiger partial charge in [0.1, 0.15) is 0 Å². The fraction of sp³-hybridized carbons (Fsp3) is 0.154. The average molecular weight is 425 g/mol. The van der Waals surface area contributed by atoms with E-state index < -0.39 is 15.2 Å². The van der Waals surface area contributed by atoms with Gasteiger partial charge in [0, 0.05) is 12.4 Å². The van der Waals surface area contributed by atoms with E-state index in [9.17, 15) is 0 Å². The first kappa shape index (κ1) is 20.4. The van der Waals surface area contributed by atoms with Crippen LogP contribution in [0.1, 0.15) is 0 Å². The zero-order valence-corrected chi connectivity index (χ0v) is 20.1. The molecule has 4 heteroatoms. The lowest BCUT2D eigenvalue weighted by atomic mass is 10.1. The minimum atomic E-state index is -1.87. The summed E-state index contributed by atoms with van der Waals surface area (Å²) >= 11 is 0. The number of aromatic nitrogens is 2. The molecule has 150 valence electrons. The largest absolute Gasteiger partial charge is 0.256 e. The lowest BCUT2D eigenvalue weighted by molar-refractivity contribution is 1.33. The molecule has 4 aromatic rings. The van der Waals surface area contributed by atoms with Gasteiger partial charge in [-0.05, 0) is 35.4 Å². The first-order chi connectivity index (χ1) is 14.4. The van der Waals surface area contributed by atoms with Crippen molar-refractivity contribution in [2.45, 2.75) is 26.2 Å². The predicted octanol–water partition coefficient (Wildman–Crippen LogP) is 5.42. The first-order valence-corrected chi connectivity index (χ1v) is 17.4. The maximum absolute atomic E-state index is 4.67. The van der Waals surface area contributed by atoms with Crippen LogP contribution in [0.5, 0.6) is 0 Å². The topological polar surface area (TPSA) is 25.8 Å². The van der Waals surface area contributed by atoms with Crippen LogP contribution in [0.15, 0.2) is 97.3 Å². The third-order valence-electron chi connectivity index (χ3n) is 6.65. The first-order valence-electron chi connectivity index (χ1n) is 10.4. The van der Waals surface area contributed by atoms with Gasteiger partial charge in [-0.3, -0.25) is 9.97 Å². The van der Waals surface area contributed by atoms with Gasteiger partial charge >= 0.3 is 0 Å². The summed E-state index contributed by atoms with van der Waals surface area (Å²) in [4.78, 5) is 9.34. The van der Waals surface area contributed by atoms with E-state index in [1.54, 1.807) is 0 Å². The van der Waals surface area contributed by atoms with Crippen molar-refractivity contribution in [3.63, 3.8) is 0 Å². The molecular formula is C26H28N2Si2. The zero-order valence-electron chi connectivity index (χ0n) is 18.1. The Labute approximate surface area is 181 Å². The van der Waals surface area contributed by atoms with Gasteiger partial charge in [-0.25, -0.2) is 0 Å². The van der Waals surface area contributed by atoms with E-state index in [1.807, 2.05) is 24.5 Å². The highest BCUT2D eigenvalue weighted by atomic mass is 29.3. The standard InChI is InChI=1S/C26H28N2Si2/c1-29(2,25-17-7-5-13-21(25)23-15-9-11-19-27-23)30(3,4)26-18-8-6-14-22(26)24-16-10-12-20-28-24/h5-20H,1-4H3. The Hall–Kier alpha value is -2.83. The van der Waals surface area contributed by atoms with Gasteiger partial charge in [0.05, 0.1) is 26.6 Å². The van der Waals surface area contributed by atoms with E-state index in [0.717, 1.165) is 11.4 Å². The summed E-state index contributed by atoms with van der Waals surface area (Å²) in [5.74, 6) is 0. The van der Waals surface area contributed by atoms with Crippen LogP contribution in [0, 0.1) is 0 Å². The quantitative estimate of drug-likeness (QED) is 0.400. The molecule has 0 unspecified atom stereocenters. The molecule has 0 atom stereocenters. The lowest BCUT2D eigenvalue weighted by Crippen LogP contribution is -2.69. The molecule has 4 rings (SSSR count). The minimum Gasteiger partial charge on any atom is -0.256 e. The summed E-state index contributed by atoms with van der Waals surface area (Å²) in [6, 6.07) is 30.2. The monoisotopic (exact) mass is 424 g/mol. The molecule has 0 saturated carbocycles. The predicted molar refractivity (Wildman–Crippen MR) is 134 cm³/mol. The number of rotatable bonds is 5. The van der Waals surface area contributed by atoms with Crippen molar-refractivity contribution in [2.75, 3.05) is 0 Å². The van der Waals surface area contributed by atoms with Crippen molar-refractivity contribution in [1.82, 2.24) is 9.97 Å². The summed E-state index contributed by atoms with van der Waals surface area (Å²) in [5.41, 5.74) is 4.70. The van der Waals surface area contributed by atoms with Crippen LogP contribution in [-0.4, -0.2) is 25.2 Å². The van der Waals surface area contributed by atoms with Gasteiger partial charge in [0.25, 0.3) is 0 Å². The molecule has 0 fully saturated rings. The Balaban J connectivity index is 1.88. The highest BCUT2D eigenvalue weighted by Crippen LogP contribution is 2.28. The fourth-order valence-corrected chi connectivity index (χ4v) is 13.7. The van der Waals surface area contributed by atoms with Crippen LogP contribution in [0.2, 0.25) is 26.2 Å². The van der Waals surface area contributed by atoms with Crippen LogP contribution in [-0.2, 0) is 0 Å². The van der Waals surface area contributed by atoms with Crippen molar-refractivity contribution in [3.05, 3.63) is 97.3 Å². The van der Waals surface area contributed by atoms with E-state index in [0.29, 0.717) is 0 Å². The molecule has 0 aliphatic carbocycles. The van der Waals surface area contributed by atoms with Crippen molar-refractivity contribution in [3.8, 4) is 22.5 Å². The van der Waals surface area contributed by atoms with Crippen LogP contribution in [0.4, 0.5) is 0 Å². The van der Waals surface area contributed by atoms with Gasteiger partial charge < -0.3 is 0 Å². The third kappa shape index (κ3) is 3.57. The molecule has 30 heavy (non-hydrogen) atoms. The number of nitrogens with zero attached hydrogens (tertiary/aromatic N) is 2. The Morgan fingerprint density at radius 1 is 0.467 bits per heavy atom. The van der Waals surface area contributed by atoms with E-state index >= 15 is 0 Å². The molecule has 0 bridgehead atoms. The number of hydrogen-bond donors (Lipinski definition) is 0. The zero-order chi connectivity index (χ0) is 21.2. The molecule has 2 aromatic carbocycles. The smallest absolute Gasteiger partial charge is 0.0800 e. The van der Waals surface area contributed by atoms with E-state index in [4.69, 9.17) is 0 Å². The highest BCUT2D eigenvalue weighted by molar-refractivity contribution is 7.50. The van der Waals surface area contributed by atoms with E-state index in [1.165, 1.54) is 21.5 Å². The Morgan fingerprint density at radius 3 is 1.20 bits per heavy atom. The van der Waals surface area contributed by atoms with E-state index in [-0.39, 0.29) is 0 Å². The summed E-state index contributed by atoms with van der Waals surface area (Å²) in [6.07, 6.45) is 3.78. The third-order valence-corrected chi connectivity index (χ3v) is 24.3. The molecule has 0 radical (unpaired) electrons. The Bertz CT molecular complexity index is 1050. The second kappa shape index (κ2) is 8.13. The fourth-order valence-electron chi connectivity index (χ4n) is 4.22. The molecule has 0 aliphatic rings. The Morgan fingerprint density at radius 2 is 0.833 bits per heavy atom. The van der Waals surface area contributed by atoms with Crippen LogP contribution < -0.4 is 10.4 Å². The summed E-state index contributed by atoms with van der Waals surface area (Å²) in [6.45, 7) is 10.2. The maximum Gasteiger partial charge on any atom is 0.0800 e. The summed E-state index contributed by atoms with van der Waals surface area (Å²) in [5, 5.41) is 2.99. The SMILES string of the molecule is C[Si](C)(c1ccccc1-c1ccccn1)[Si](C)(C)c1ccccc1-c1ccccn1. The molecule has 0 saturated heterocycles. The van der Waals surface area contributed by atoms with Gasteiger partial charge in [-0.1, -0.05) is 97.2 Å². The van der Waals surface area contributed by atoms with Gasteiger partial charge in [-0.15, -0.1) is 0 Å². The summed E-state index contributed by atoms with van der Waals surface area (Å²) in [7, 11) is -3.74. The molecule has 0 N–H and O–H groups in total. The second-order valence-corrected chi connectivity index (χ2v) is 23.8. The summed E-state index contributed by atoms with van der Waals surface area (Å²) < 4.78 is 0. The lowest BCUT2D eigenvalue weighted by Gasteiger charge is -2.41. The van der Waals surface area contributed by atoms with Gasteiger partial charge in [-0.2, -0.15) is 0 Å². The average Bonchev–Trinajstić information content (AvgIpc) is 2.80. The maximum atomic E-state index is 4.67. The molecule has 2 heterocycles. The minimum absolute atomic E-state index is 1.07. The number of hydrogen-bond acceptors (Lipinski definition) is 2. The number of pyridine rings is 2. The van der Waals surface area contributed by atoms with Crippen LogP contribution >= 0.6 is 0 Å². The van der Waals surface area contributed by atoms with Crippen molar-refractivity contribution < 1.29 is 0 Å². The van der Waals surface area contributed by atoms with Crippen LogP contribution in [0.25, 0.3) is 22.5 Å². The van der Waals surface area contributed by atoms with Gasteiger partial charge in [0.2, 0.25) is 0 Å². The molecule has 0 amide bonds. The van der Waals surface area contributed by atoms with Crippen molar-refractivity contribution in [1.29, 1.82) is 0 Å². The van der Waals surface area contributed by atoms with Gasteiger partial charge in [0.15, 0.2) is 0 Å². The second-order valence-electron chi connectivity index (χ2n) is 8.77. The molecule has 2 nitrogen and oxygen atoms in total. The van der Waals surface area contributed by atoms with Crippen molar-refractivity contribution in [2.24, 2.45) is 0 Å².